The molecule has 1 nitrogen and oxygen atoms in total. The van der Waals surface area contributed by atoms with Crippen LogP contribution in [0.15, 0.2) is 77.9 Å². The predicted molar refractivity (Wildman–Crippen MR) is 99.7 cm³/mol. The van der Waals surface area contributed by atoms with Crippen molar-refractivity contribution in [3.05, 3.63) is 89.0 Å². The second-order valence-corrected chi connectivity index (χ2v) is 7.36. The molecule has 1 saturated heterocycles. The van der Waals surface area contributed by atoms with Crippen LogP contribution in [0.2, 0.25) is 0 Å². The monoisotopic (exact) mass is 316 g/mol. The Labute approximate surface area is 144 Å². The number of ether oxygens (including phenoxy) is 1. The van der Waals surface area contributed by atoms with Crippen LogP contribution in [-0.4, -0.2) is 12.7 Å². The van der Waals surface area contributed by atoms with E-state index in [-0.39, 0.29) is 11.5 Å². The van der Waals surface area contributed by atoms with Gasteiger partial charge in [-0.15, -0.1) is 0 Å². The van der Waals surface area contributed by atoms with Crippen molar-refractivity contribution in [2.24, 2.45) is 5.41 Å². The SMILES string of the molecule is CC1(C)C=C2C(=C1c1ccccc1)COC2CCc1ccccc1. The molecule has 122 valence electrons. The summed E-state index contributed by atoms with van der Waals surface area (Å²) < 4.78 is 6.16. The largest absolute Gasteiger partial charge is 0.369 e. The minimum Gasteiger partial charge on any atom is -0.369 e. The lowest BCUT2D eigenvalue weighted by atomic mass is 9.82. The van der Waals surface area contributed by atoms with Gasteiger partial charge in [-0.05, 0) is 40.7 Å². The summed E-state index contributed by atoms with van der Waals surface area (Å²) in [7, 11) is 0. The molecule has 1 aliphatic carbocycles. The molecule has 2 aromatic rings. The molecule has 1 heterocycles. The first-order chi connectivity index (χ1) is 11.6. The van der Waals surface area contributed by atoms with Crippen molar-refractivity contribution in [1.82, 2.24) is 0 Å². The summed E-state index contributed by atoms with van der Waals surface area (Å²) in [6, 6.07) is 21.5. The third-order valence-electron chi connectivity index (χ3n) is 5.19. The molecule has 1 fully saturated rings. The number of benzene rings is 2. The van der Waals surface area contributed by atoms with E-state index in [0.29, 0.717) is 0 Å². The van der Waals surface area contributed by atoms with Gasteiger partial charge in [0.05, 0.1) is 12.7 Å². The lowest BCUT2D eigenvalue weighted by Gasteiger charge is -2.23. The quantitative estimate of drug-likeness (QED) is 0.730. The number of fused-ring (bicyclic) bond motifs is 1. The van der Waals surface area contributed by atoms with E-state index in [9.17, 15) is 0 Å². The Bertz CT molecular complexity index is 781. The fraction of sp³-hybridized carbons (Fsp3) is 0.304. The highest BCUT2D eigenvalue weighted by Gasteiger charge is 2.39. The highest BCUT2D eigenvalue weighted by Crippen LogP contribution is 2.50. The molecule has 1 aliphatic heterocycles. The van der Waals surface area contributed by atoms with Gasteiger partial charge < -0.3 is 4.74 Å². The Balaban J connectivity index is 1.59. The van der Waals surface area contributed by atoms with Gasteiger partial charge in [-0.25, -0.2) is 0 Å². The molecule has 24 heavy (non-hydrogen) atoms. The molecule has 1 heteroatoms. The summed E-state index contributed by atoms with van der Waals surface area (Å²) in [4.78, 5) is 0. The van der Waals surface area contributed by atoms with E-state index in [4.69, 9.17) is 4.74 Å². The van der Waals surface area contributed by atoms with Gasteiger partial charge in [-0.1, -0.05) is 80.6 Å². The Hall–Kier alpha value is -2.12. The zero-order chi connectivity index (χ0) is 16.6. The van der Waals surface area contributed by atoms with E-state index in [0.717, 1.165) is 19.4 Å². The molecule has 4 rings (SSSR count). The zero-order valence-electron chi connectivity index (χ0n) is 14.5. The standard InChI is InChI=1S/C23H24O/c1-23(2)15-19-20(22(23)18-11-7-4-8-12-18)16-24-21(19)14-13-17-9-5-3-6-10-17/h3-12,15,21H,13-14,16H2,1-2H3. The molecule has 0 amide bonds. The second-order valence-electron chi connectivity index (χ2n) is 7.36. The fourth-order valence-electron chi connectivity index (χ4n) is 4.13. The Morgan fingerprint density at radius 1 is 0.958 bits per heavy atom. The normalized spacial score (nSPS) is 21.8. The summed E-state index contributed by atoms with van der Waals surface area (Å²) in [6.07, 6.45) is 4.79. The van der Waals surface area contributed by atoms with Crippen LogP contribution in [0.1, 0.15) is 31.4 Å². The first-order valence-electron chi connectivity index (χ1n) is 8.83. The van der Waals surface area contributed by atoms with Crippen LogP contribution in [0.3, 0.4) is 0 Å². The van der Waals surface area contributed by atoms with Crippen molar-refractivity contribution in [3.8, 4) is 0 Å². The number of hydrogen-bond acceptors (Lipinski definition) is 1. The molecule has 0 radical (unpaired) electrons. The first-order valence-corrected chi connectivity index (χ1v) is 8.83. The van der Waals surface area contributed by atoms with Crippen molar-refractivity contribution < 1.29 is 4.74 Å². The minimum absolute atomic E-state index is 0.0841. The van der Waals surface area contributed by atoms with Crippen LogP contribution in [0.5, 0.6) is 0 Å². The lowest BCUT2D eigenvalue weighted by molar-refractivity contribution is 0.122. The molecule has 2 aromatic carbocycles. The van der Waals surface area contributed by atoms with Gasteiger partial charge >= 0.3 is 0 Å². The van der Waals surface area contributed by atoms with Gasteiger partial charge in [-0.3, -0.25) is 0 Å². The van der Waals surface area contributed by atoms with Crippen molar-refractivity contribution in [2.75, 3.05) is 6.61 Å². The molecule has 0 N–H and O–H groups in total. The van der Waals surface area contributed by atoms with Gasteiger partial charge in [0.25, 0.3) is 0 Å². The summed E-state index contributed by atoms with van der Waals surface area (Å²) in [5, 5.41) is 0. The van der Waals surface area contributed by atoms with Gasteiger partial charge in [0.2, 0.25) is 0 Å². The topological polar surface area (TPSA) is 9.23 Å². The fourth-order valence-corrected chi connectivity index (χ4v) is 4.13. The molecule has 0 spiro atoms. The van der Waals surface area contributed by atoms with Crippen molar-refractivity contribution in [2.45, 2.75) is 32.8 Å². The third kappa shape index (κ3) is 2.74. The highest BCUT2D eigenvalue weighted by molar-refractivity contribution is 5.82. The Morgan fingerprint density at radius 2 is 1.62 bits per heavy atom. The van der Waals surface area contributed by atoms with E-state index in [1.807, 2.05) is 0 Å². The zero-order valence-corrected chi connectivity index (χ0v) is 14.5. The van der Waals surface area contributed by atoms with Crippen molar-refractivity contribution >= 4 is 5.57 Å². The maximum atomic E-state index is 6.16. The van der Waals surface area contributed by atoms with E-state index in [1.54, 1.807) is 0 Å². The number of rotatable bonds is 4. The van der Waals surface area contributed by atoms with E-state index >= 15 is 0 Å². The molecule has 0 saturated carbocycles. The van der Waals surface area contributed by atoms with Crippen LogP contribution < -0.4 is 0 Å². The number of allylic oxidation sites excluding steroid dienone is 2. The molecular formula is C23H24O. The third-order valence-corrected chi connectivity index (χ3v) is 5.19. The predicted octanol–water partition coefficient (Wildman–Crippen LogP) is 5.44. The number of aryl methyl sites for hydroxylation is 1. The second kappa shape index (κ2) is 6.07. The smallest absolute Gasteiger partial charge is 0.0833 e. The molecule has 1 unspecified atom stereocenters. The minimum atomic E-state index is 0.0841. The van der Waals surface area contributed by atoms with Gasteiger partial charge in [0.1, 0.15) is 0 Å². The molecular weight excluding hydrogens is 292 g/mol. The first kappa shape index (κ1) is 15.4. The highest BCUT2D eigenvalue weighted by atomic mass is 16.5. The van der Waals surface area contributed by atoms with Gasteiger partial charge in [0, 0.05) is 5.41 Å². The molecule has 0 bridgehead atoms. The lowest BCUT2D eigenvalue weighted by Crippen LogP contribution is -2.12. The van der Waals surface area contributed by atoms with Crippen LogP contribution in [0.4, 0.5) is 0 Å². The maximum Gasteiger partial charge on any atom is 0.0833 e. The summed E-state index contributed by atoms with van der Waals surface area (Å²) in [5.74, 6) is 0. The molecule has 1 atom stereocenters. The average molecular weight is 316 g/mol. The van der Waals surface area contributed by atoms with Crippen LogP contribution in [0, 0.1) is 5.41 Å². The van der Waals surface area contributed by atoms with E-state index < -0.39 is 0 Å². The van der Waals surface area contributed by atoms with Gasteiger partial charge in [0.15, 0.2) is 0 Å². The Kier molecular flexibility index (Phi) is 3.90. The van der Waals surface area contributed by atoms with Gasteiger partial charge in [-0.2, -0.15) is 0 Å². The summed E-state index contributed by atoms with van der Waals surface area (Å²) >= 11 is 0. The summed E-state index contributed by atoms with van der Waals surface area (Å²) in [5.41, 5.74) is 7.09. The van der Waals surface area contributed by atoms with Crippen LogP contribution in [-0.2, 0) is 11.2 Å². The molecule has 0 aromatic heterocycles. The van der Waals surface area contributed by atoms with Crippen LogP contribution >= 0.6 is 0 Å². The van der Waals surface area contributed by atoms with E-state index in [2.05, 4.69) is 80.6 Å². The Morgan fingerprint density at radius 3 is 2.33 bits per heavy atom. The number of hydrogen-bond donors (Lipinski definition) is 0. The van der Waals surface area contributed by atoms with Crippen molar-refractivity contribution in [3.63, 3.8) is 0 Å². The van der Waals surface area contributed by atoms with Crippen LogP contribution in [0.25, 0.3) is 5.57 Å². The van der Waals surface area contributed by atoms with E-state index in [1.165, 1.54) is 27.8 Å². The summed E-state index contributed by atoms with van der Waals surface area (Å²) in [6.45, 7) is 5.39. The average Bonchev–Trinajstić information content (AvgIpc) is 3.08. The van der Waals surface area contributed by atoms with Crippen molar-refractivity contribution in [1.29, 1.82) is 0 Å². The molecule has 2 aliphatic rings. The maximum absolute atomic E-state index is 6.16.